The molecule has 0 aliphatic carbocycles. The number of carbonyl (C=O) groups is 4. The first-order chi connectivity index (χ1) is 12.0. The third-order valence-electron chi connectivity index (χ3n) is 3.02. The number of carboxylic acids is 4. The second-order valence-corrected chi connectivity index (χ2v) is 4.83. The van der Waals surface area contributed by atoms with Gasteiger partial charge in [0.15, 0.2) is 0 Å². The molecule has 0 aliphatic heterocycles. The van der Waals surface area contributed by atoms with E-state index in [1.54, 1.807) is 0 Å². The van der Waals surface area contributed by atoms with Gasteiger partial charge in [-0.15, -0.1) is 0 Å². The lowest BCUT2D eigenvalue weighted by molar-refractivity contribution is 0.0677. The largest absolute Gasteiger partial charge is 0.478 e. The summed E-state index contributed by atoms with van der Waals surface area (Å²) in [6.07, 6.45) is 0. The van der Waals surface area contributed by atoms with E-state index in [4.69, 9.17) is 31.9 Å². The number of nitrogen functional groups attached to an aromatic ring is 2. The predicted molar refractivity (Wildman–Crippen MR) is 89.5 cm³/mol. The van der Waals surface area contributed by atoms with Gasteiger partial charge >= 0.3 is 23.9 Å². The summed E-state index contributed by atoms with van der Waals surface area (Å²) in [5, 5.41) is 34.3. The summed E-state index contributed by atoms with van der Waals surface area (Å²) in [6.45, 7) is 0. The Morgan fingerprint density at radius 1 is 0.654 bits per heavy atom. The fourth-order valence-electron chi connectivity index (χ4n) is 1.84. The molecule has 0 heterocycles. The van der Waals surface area contributed by atoms with Crippen LogP contribution >= 0.6 is 0 Å². The van der Waals surface area contributed by atoms with E-state index in [-0.39, 0.29) is 33.6 Å². The van der Waals surface area contributed by atoms with Crippen molar-refractivity contribution in [1.82, 2.24) is 0 Å². The molecule has 26 heavy (non-hydrogen) atoms. The molecular formula is C16H14N2O8. The van der Waals surface area contributed by atoms with E-state index in [9.17, 15) is 19.2 Å². The molecule has 2 rings (SSSR count). The summed E-state index contributed by atoms with van der Waals surface area (Å²) < 4.78 is 0. The van der Waals surface area contributed by atoms with Crippen molar-refractivity contribution >= 4 is 35.3 Å². The average molecular weight is 362 g/mol. The molecule has 0 saturated carbocycles. The molecule has 136 valence electrons. The van der Waals surface area contributed by atoms with Crippen molar-refractivity contribution in [3.8, 4) is 0 Å². The fourth-order valence-corrected chi connectivity index (χ4v) is 1.84. The Labute approximate surface area is 145 Å². The van der Waals surface area contributed by atoms with Crippen LogP contribution in [0.25, 0.3) is 0 Å². The zero-order valence-electron chi connectivity index (χ0n) is 13.0. The van der Waals surface area contributed by atoms with Gasteiger partial charge in [-0.2, -0.15) is 0 Å². The normalized spacial score (nSPS) is 9.54. The minimum Gasteiger partial charge on any atom is -0.478 e. The molecule has 2 aromatic rings. The lowest BCUT2D eigenvalue weighted by atomic mass is 10.1. The number of anilines is 2. The Balaban J connectivity index is 0.000000260. The number of benzene rings is 2. The summed E-state index contributed by atoms with van der Waals surface area (Å²) in [5.74, 6) is -4.87. The molecule has 0 atom stereocenters. The van der Waals surface area contributed by atoms with Gasteiger partial charge in [-0.25, -0.2) is 19.2 Å². The van der Waals surface area contributed by atoms with Gasteiger partial charge in [0.2, 0.25) is 0 Å². The molecule has 0 amide bonds. The lowest BCUT2D eigenvalue weighted by Gasteiger charge is -2.03. The van der Waals surface area contributed by atoms with E-state index in [1.165, 1.54) is 30.3 Å². The zero-order valence-corrected chi connectivity index (χ0v) is 13.0. The van der Waals surface area contributed by atoms with Crippen LogP contribution in [0.1, 0.15) is 41.4 Å². The first-order valence-corrected chi connectivity index (χ1v) is 6.76. The smallest absolute Gasteiger partial charge is 0.337 e. The van der Waals surface area contributed by atoms with E-state index < -0.39 is 23.9 Å². The van der Waals surface area contributed by atoms with E-state index in [1.807, 2.05) is 0 Å². The Morgan fingerprint density at radius 3 is 1.35 bits per heavy atom. The van der Waals surface area contributed by atoms with Crippen LogP contribution in [0.2, 0.25) is 0 Å². The number of hydrogen-bond acceptors (Lipinski definition) is 6. The second kappa shape index (κ2) is 8.15. The van der Waals surface area contributed by atoms with Gasteiger partial charge in [0.25, 0.3) is 0 Å². The van der Waals surface area contributed by atoms with Crippen molar-refractivity contribution in [3.05, 3.63) is 58.7 Å². The molecule has 0 saturated heterocycles. The van der Waals surface area contributed by atoms with E-state index in [0.29, 0.717) is 0 Å². The van der Waals surface area contributed by atoms with Gasteiger partial charge in [0.05, 0.1) is 27.9 Å². The summed E-state index contributed by atoms with van der Waals surface area (Å²) in [5.41, 5.74) is 9.89. The molecule has 0 aromatic heterocycles. The third-order valence-corrected chi connectivity index (χ3v) is 3.02. The van der Waals surface area contributed by atoms with E-state index in [2.05, 4.69) is 0 Å². The van der Waals surface area contributed by atoms with Gasteiger partial charge < -0.3 is 31.9 Å². The van der Waals surface area contributed by atoms with Crippen molar-refractivity contribution in [3.63, 3.8) is 0 Å². The monoisotopic (exact) mass is 362 g/mol. The van der Waals surface area contributed by atoms with Crippen molar-refractivity contribution in [2.75, 3.05) is 11.5 Å². The third kappa shape index (κ3) is 4.96. The highest BCUT2D eigenvalue weighted by Crippen LogP contribution is 2.17. The highest BCUT2D eigenvalue weighted by molar-refractivity contribution is 6.02. The highest BCUT2D eigenvalue weighted by atomic mass is 16.4. The molecule has 0 fully saturated rings. The van der Waals surface area contributed by atoms with Crippen molar-refractivity contribution in [2.24, 2.45) is 0 Å². The Hall–Kier alpha value is -4.08. The molecule has 0 radical (unpaired) electrons. The zero-order chi connectivity index (χ0) is 20.0. The van der Waals surface area contributed by atoms with Crippen LogP contribution in [-0.2, 0) is 0 Å². The number of aromatic carboxylic acids is 4. The van der Waals surface area contributed by atoms with Crippen LogP contribution in [0.5, 0.6) is 0 Å². The summed E-state index contributed by atoms with van der Waals surface area (Å²) in [4.78, 5) is 42.0. The minimum atomic E-state index is -1.24. The lowest BCUT2D eigenvalue weighted by Crippen LogP contribution is -2.08. The van der Waals surface area contributed by atoms with Gasteiger partial charge in [-0.05, 0) is 30.3 Å². The molecule has 0 bridgehead atoms. The van der Waals surface area contributed by atoms with Crippen molar-refractivity contribution in [1.29, 1.82) is 0 Å². The quantitative estimate of drug-likeness (QED) is 0.431. The van der Waals surface area contributed by atoms with Crippen LogP contribution in [0.3, 0.4) is 0 Å². The Morgan fingerprint density at radius 2 is 1.04 bits per heavy atom. The topological polar surface area (TPSA) is 201 Å². The van der Waals surface area contributed by atoms with Gasteiger partial charge in [0.1, 0.15) is 0 Å². The van der Waals surface area contributed by atoms with Crippen LogP contribution < -0.4 is 11.5 Å². The summed E-state index contributed by atoms with van der Waals surface area (Å²) >= 11 is 0. The molecule has 0 spiro atoms. The SMILES string of the molecule is Nc1c(C(=O)O)cccc1C(=O)O.Nc1cc(C(=O)O)cc(C(=O)O)c1. The predicted octanol–water partition coefficient (Wildman–Crippen LogP) is 1.33. The minimum absolute atomic E-state index is 0.123. The molecule has 2 aromatic carbocycles. The Kier molecular flexibility index (Phi) is 6.26. The number of rotatable bonds is 4. The number of nitrogens with two attached hydrogens (primary N) is 2. The number of para-hydroxylation sites is 1. The summed E-state index contributed by atoms with van der Waals surface area (Å²) in [6, 6.07) is 7.31. The maximum Gasteiger partial charge on any atom is 0.337 e. The van der Waals surface area contributed by atoms with Gasteiger partial charge in [-0.3, -0.25) is 0 Å². The van der Waals surface area contributed by atoms with Gasteiger partial charge in [-0.1, -0.05) is 6.07 Å². The average Bonchev–Trinajstić information content (AvgIpc) is 2.54. The molecule has 0 unspecified atom stereocenters. The first kappa shape index (κ1) is 20.0. The van der Waals surface area contributed by atoms with E-state index in [0.717, 1.165) is 6.07 Å². The maximum absolute atomic E-state index is 10.5. The first-order valence-electron chi connectivity index (χ1n) is 6.76. The molecule has 10 nitrogen and oxygen atoms in total. The molecular weight excluding hydrogens is 348 g/mol. The number of carboxylic acid groups (broad SMARTS) is 4. The number of hydrogen-bond donors (Lipinski definition) is 6. The van der Waals surface area contributed by atoms with Crippen LogP contribution in [0, 0.1) is 0 Å². The Bertz CT molecular complexity index is 827. The van der Waals surface area contributed by atoms with Crippen LogP contribution in [-0.4, -0.2) is 44.3 Å². The van der Waals surface area contributed by atoms with E-state index >= 15 is 0 Å². The van der Waals surface area contributed by atoms with Crippen molar-refractivity contribution in [2.45, 2.75) is 0 Å². The fraction of sp³-hybridized carbons (Fsp3) is 0. The second-order valence-electron chi connectivity index (χ2n) is 4.83. The van der Waals surface area contributed by atoms with Crippen LogP contribution in [0.4, 0.5) is 11.4 Å². The van der Waals surface area contributed by atoms with Crippen LogP contribution in [0.15, 0.2) is 36.4 Å². The van der Waals surface area contributed by atoms with Crippen molar-refractivity contribution < 1.29 is 39.6 Å². The standard InChI is InChI=1S/2C8H7NO4/c9-6-2-4(7(10)11)1-5(3-6)8(12)13;9-6-4(7(10)11)2-1-3-5(6)8(12)13/h2*1-3H,9H2,(H,10,11)(H,12,13). The molecule has 0 aliphatic rings. The highest BCUT2D eigenvalue weighted by Gasteiger charge is 2.14. The maximum atomic E-state index is 10.5. The molecule has 8 N–H and O–H groups in total. The van der Waals surface area contributed by atoms with Gasteiger partial charge in [0, 0.05) is 5.69 Å². The summed E-state index contributed by atoms with van der Waals surface area (Å²) in [7, 11) is 0. The molecule has 10 heteroatoms.